The molecule has 1 saturated carbocycles. The van der Waals surface area contributed by atoms with Gasteiger partial charge in [0.15, 0.2) is 5.76 Å². The first-order valence-corrected chi connectivity index (χ1v) is 14.3. The summed E-state index contributed by atoms with van der Waals surface area (Å²) in [4.78, 5) is 24.7. The quantitative estimate of drug-likeness (QED) is 0.232. The van der Waals surface area contributed by atoms with Gasteiger partial charge in [0.2, 0.25) is 0 Å². The third-order valence-electron chi connectivity index (χ3n) is 8.40. The van der Waals surface area contributed by atoms with E-state index in [0.717, 1.165) is 53.5 Å². The van der Waals surface area contributed by atoms with Crippen molar-refractivity contribution in [3.63, 3.8) is 0 Å². The van der Waals surface area contributed by atoms with E-state index in [0.29, 0.717) is 35.0 Å². The number of fused-ring (bicyclic) bond motifs is 1. The van der Waals surface area contributed by atoms with Gasteiger partial charge in [0.1, 0.15) is 17.5 Å². The van der Waals surface area contributed by atoms with Gasteiger partial charge in [-0.2, -0.15) is 0 Å². The van der Waals surface area contributed by atoms with Crippen molar-refractivity contribution in [2.45, 2.75) is 63.9 Å². The molecule has 0 bridgehead atoms. The number of nitrogens with one attached hydrogen (secondary N) is 1. The molecule has 1 atom stereocenters. The number of ether oxygens (including phenoxy) is 1. The number of nitrogens with zero attached hydrogens (tertiary/aromatic N) is 1. The molecule has 1 fully saturated rings. The summed E-state index contributed by atoms with van der Waals surface area (Å²) in [5.74, 6) is -0.247. The van der Waals surface area contributed by atoms with Crippen LogP contribution >= 0.6 is 11.6 Å². The van der Waals surface area contributed by atoms with Crippen LogP contribution in [0, 0.1) is 6.92 Å². The van der Waals surface area contributed by atoms with Crippen molar-refractivity contribution >= 4 is 29.4 Å². The second-order valence-electron chi connectivity index (χ2n) is 11.0. The lowest BCUT2D eigenvalue weighted by molar-refractivity contribution is -0.140. The minimum Gasteiger partial charge on any atom is -0.481 e. The van der Waals surface area contributed by atoms with Crippen LogP contribution < -0.4 is 5.32 Å². The summed E-state index contributed by atoms with van der Waals surface area (Å²) in [6.45, 7) is 3.56. The van der Waals surface area contributed by atoms with Gasteiger partial charge in [0.05, 0.1) is 5.41 Å². The summed E-state index contributed by atoms with van der Waals surface area (Å²) in [5, 5.41) is 17.2. The van der Waals surface area contributed by atoms with Crippen molar-refractivity contribution in [3.05, 3.63) is 93.6 Å². The Morgan fingerprint density at radius 3 is 2.32 bits per heavy atom. The summed E-state index contributed by atoms with van der Waals surface area (Å²) in [7, 11) is 0. The summed E-state index contributed by atoms with van der Waals surface area (Å²) in [5.41, 5.74) is 7.42. The maximum absolute atomic E-state index is 12.9. The Hall–Kier alpha value is -4.10. The van der Waals surface area contributed by atoms with Crippen LogP contribution in [-0.2, 0) is 27.8 Å². The SMILES string of the molecule is Cc1noc(-c2ccc(-c3ccc(C4(C(=O)O)CC4)cc3)c3c2CCCC3)c1NC(=O)OC(C)c1ccccc1Cl. The Kier molecular flexibility index (Phi) is 7.08. The van der Waals surface area contributed by atoms with Crippen LogP contribution in [0.1, 0.15) is 66.7 Å². The number of aryl methyl sites for hydroxylation is 1. The standard InChI is InChI=1S/C33H31ClN2O5/c1-19-29(35-32(39)40-20(2)23-7-5-6-10-28(23)34)30(41-36-19)27-16-15-24(25-8-3-4-9-26(25)27)21-11-13-22(14-12-21)33(17-18-33)31(37)38/h5-7,10-16,20H,3-4,8-9,17-18H2,1-2H3,(H,35,39)(H,37,38). The maximum Gasteiger partial charge on any atom is 0.412 e. The minimum absolute atomic E-state index is 0.481. The van der Waals surface area contributed by atoms with E-state index in [2.05, 4.69) is 16.5 Å². The summed E-state index contributed by atoms with van der Waals surface area (Å²) in [6, 6.07) is 19.3. The fraction of sp³-hybridized carbons (Fsp3) is 0.303. The smallest absolute Gasteiger partial charge is 0.412 e. The molecule has 4 aromatic rings. The number of aliphatic carboxylic acids is 1. The molecule has 0 spiro atoms. The summed E-state index contributed by atoms with van der Waals surface area (Å²) < 4.78 is 11.4. The predicted octanol–water partition coefficient (Wildman–Crippen LogP) is 8.28. The average molecular weight is 571 g/mol. The van der Waals surface area contributed by atoms with E-state index in [4.69, 9.17) is 20.9 Å². The molecule has 3 aromatic carbocycles. The number of hydrogen-bond donors (Lipinski definition) is 2. The van der Waals surface area contributed by atoms with Gasteiger partial charge in [-0.05, 0) is 86.3 Å². The van der Waals surface area contributed by atoms with Crippen LogP contribution in [0.3, 0.4) is 0 Å². The zero-order valence-corrected chi connectivity index (χ0v) is 23.8. The number of hydrogen-bond acceptors (Lipinski definition) is 5. The number of rotatable bonds is 7. The topological polar surface area (TPSA) is 102 Å². The van der Waals surface area contributed by atoms with Gasteiger partial charge in [-0.3, -0.25) is 10.1 Å². The van der Waals surface area contributed by atoms with Crippen LogP contribution in [-0.4, -0.2) is 22.3 Å². The third kappa shape index (κ3) is 4.99. The molecule has 0 radical (unpaired) electrons. The highest BCUT2D eigenvalue weighted by atomic mass is 35.5. The first-order chi connectivity index (χ1) is 19.8. The largest absolute Gasteiger partial charge is 0.481 e. The number of halogens is 1. The molecule has 6 rings (SSSR count). The Morgan fingerprint density at radius 1 is 1.00 bits per heavy atom. The van der Waals surface area contributed by atoms with Crippen molar-refractivity contribution in [2.75, 3.05) is 5.32 Å². The van der Waals surface area contributed by atoms with E-state index in [1.165, 1.54) is 11.1 Å². The fourth-order valence-corrected chi connectivity index (χ4v) is 6.22. The second kappa shape index (κ2) is 10.7. The van der Waals surface area contributed by atoms with Crippen LogP contribution in [0.4, 0.5) is 10.5 Å². The number of carbonyl (C=O) groups is 2. The lowest BCUT2D eigenvalue weighted by Gasteiger charge is -2.23. The van der Waals surface area contributed by atoms with E-state index >= 15 is 0 Å². The van der Waals surface area contributed by atoms with Crippen LogP contribution in [0.25, 0.3) is 22.5 Å². The molecule has 1 aromatic heterocycles. The predicted molar refractivity (Wildman–Crippen MR) is 157 cm³/mol. The first-order valence-electron chi connectivity index (χ1n) is 14.0. The first kappa shape index (κ1) is 27.1. The van der Waals surface area contributed by atoms with Crippen LogP contribution in [0.2, 0.25) is 5.02 Å². The van der Waals surface area contributed by atoms with Crippen LogP contribution in [0.5, 0.6) is 0 Å². The van der Waals surface area contributed by atoms with E-state index < -0.39 is 23.6 Å². The molecule has 2 N–H and O–H groups in total. The summed E-state index contributed by atoms with van der Waals surface area (Å²) >= 11 is 6.28. The lowest BCUT2D eigenvalue weighted by atomic mass is 9.82. The maximum atomic E-state index is 12.9. The van der Waals surface area contributed by atoms with Gasteiger partial charge in [-0.15, -0.1) is 0 Å². The lowest BCUT2D eigenvalue weighted by Crippen LogP contribution is -2.19. The van der Waals surface area contributed by atoms with Crippen molar-refractivity contribution in [3.8, 4) is 22.5 Å². The van der Waals surface area contributed by atoms with Crippen molar-refractivity contribution in [2.24, 2.45) is 0 Å². The number of carboxylic acids is 1. The molecule has 2 aliphatic carbocycles. The number of benzene rings is 3. The Labute approximate surface area is 243 Å². The molecule has 210 valence electrons. The molecular weight excluding hydrogens is 540 g/mol. The average Bonchev–Trinajstić information content (AvgIpc) is 3.72. The van der Waals surface area contributed by atoms with Gasteiger partial charge in [0.25, 0.3) is 0 Å². The highest BCUT2D eigenvalue weighted by molar-refractivity contribution is 6.31. The molecule has 2 aliphatic rings. The van der Waals surface area contributed by atoms with E-state index in [-0.39, 0.29) is 0 Å². The van der Waals surface area contributed by atoms with E-state index in [1.54, 1.807) is 19.9 Å². The Morgan fingerprint density at radius 2 is 1.66 bits per heavy atom. The van der Waals surface area contributed by atoms with Crippen molar-refractivity contribution in [1.29, 1.82) is 0 Å². The van der Waals surface area contributed by atoms with Gasteiger partial charge in [0, 0.05) is 16.1 Å². The zero-order valence-electron chi connectivity index (χ0n) is 23.0. The third-order valence-corrected chi connectivity index (χ3v) is 8.75. The molecule has 1 amide bonds. The molecule has 8 heteroatoms. The number of anilines is 1. The zero-order chi connectivity index (χ0) is 28.7. The normalized spacial score (nSPS) is 16.0. The second-order valence-corrected chi connectivity index (χ2v) is 11.4. The molecule has 0 saturated heterocycles. The minimum atomic E-state index is -0.749. The highest BCUT2D eigenvalue weighted by Gasteiger charge is 2.51. The monoisotopic (exact) mass is 570 g/mol. The van der Waals surface area contributed by atoms with Gasteiger partial charge in [-0.25, -0.2) is 4.79 Å². The number of amides is 1. The molecule has 7 nitrogen and oxygen atoms in total. The summed E-state index contributed by atoms with van der Waals surface area (Å²) in [6.07, 6.45) is 4.14. The Bertz CT molecular complexity index is 1640. The van der Waals surface area contributed by atoms with E-state index in [9.17, 15) is 14.7 Å². The van der Waals surface area contributed by atoms with Crippen LogP contribution in [0.15, 0.2) is 65.2 Å². The van der Waals surface area contributed by atoms with Gasteiger partial charge in [-0.1, -0.05) is 71.4 Å². The highest BCUT2D eigenvalue weighted by Crippen LogP contribution is 2.49. The molecule has 41 heavy (non-hydrogen) atoms. The van der Waals surface area contributed by atoms with Gasteiger partial charge < -0.3 is 14.4 Å². The fourth-order valence-electron chi connectivity index (χ4n) is 5.93. The number of aromatic nitrogens is 1. The van der Waals surface area contributed by atoms with Crippen molar-refractivity contribution < 1.29 is 24.0 Å². The number of carboxylic acid groups (broad SMARTS) is 1. The molecule has 0 aliphatic heterocycles. The number of carbonyl (C=O) groups excluding carboxylic acids is 1. The Balaban J connectivity index is 1.29. The van der Waals surface area contributed by atoms with E-state index in [1.807, 2.05) is 48.5 Å². The molecule has 1 heterocycles. The molecule has 1 unspecified atom stereocenters. The van der Waals surface area contributed by atoms with Crippen molar-refractivity contribution in [1.82, 2.24) is 5.16 Å². The van der Waals surface area contributed by atoms with Gasteiger partial charge >= 0.3 is 12.1 Å². The molecular formula is C33H31ClN2O5.